The molecule has 1 aromatic rings. The number of rotatable bonds is 3. The Balaban J connectivity index is 1.76. The number of para-hydroxylation sites is 1. The fraction of sp³-hybridized carbons (Fsp3) is 0.600. The van der Waals surface area contributed by atoms with Gasteiger partial charge in [-0.3, -0.25) is 0 Å². The fourth-order valence-electron chi connectivity index (χ4n) is 3.57. The fourth-order valence-corrected chi connectivity index (χ4v) is 4.40. The van der Waals surface area contributed by atoms with Crippen molar-refractivity contribution in [2.45, 2.75) is 42.7 Å². The molecule has 2 fully saturated rings. The first kappa shape index (κ1) is 14.7. The summed E-state index contributed by atoms with van der Waals surface area (Å²) in [5.41, 5.74) is 7.13. The van der Waals surface area contributed by atoms with Crippen LogP contribution in [0, 0.1) is 0 Å². The number of nitrogen functional groups attached to an aromatic ring is 1. The molecule has 0 aliphatic carbocycles. The van der Waals surface area contributed by atoms with Gasteiger partial charge in [0.05, 0.1) is 16.3 Å². The van der Waals surface area contributed by atoms with Gasteiger partial charge in [-0.2, -0.15) is 0 Å². The summed E-state index contributed by atoms with van der Waals surface area (Å²) in [7, 11) is -3.28. The van der Waals surface area contributed by atoms with E-state index >= 15 is 0 Å². The van der Waals surface area contributed by atoms with Crippen molar-refractivity contribution in [3.8, 4) is 0 Å². The summed E-state index contributed by atoms with van der Waals surface area (Å²) in [5.74, 6) is 0. The van der Waals surface area contributed by atoms with Crippen LogP contribution < -0.4 is 11.1 Å². The van der Waals surface area contributed by atoms with Gasteiger partial charge in [-0.05, 0) is 44.4 Å². The van der Waals surface area contributed by atoms with E-state index in [0.717, 1.165) is 25.1 Å². The second-order valence-corrected chi connectivity index (χ2v) is 8.17. The molecule has 2 heterocycles. The molecule has 6 heteroatoms. The molecule has 1 aromatic carbocycles. The normalized spacial score (nSPS) is 26.5. The topological polar surface area (TPSA) is 75.4 Å². The lowest BCUT2D eigenvalue weighted by molar-refractivity contribution is 0.188. The van der Waals surface area contributed by atoms with Gasteiger partial charge < -0.3 is 16.0 Å². The highest BCUT2D eigenvalue weighted by atomic mass is 32.2. The highest BCUT2D eigenvalue weighted by Gasteiger charge is 2.31. The SMILES string of the molecule is CS(=O)(=O)c1cccc(NC2CCN3CCCC3C2)c1N. The number of sulfone groups is 1. The first-order valence-electron chi connectivity index (χ1n) is 7.54. The molecule has 0 radical (unpaired) electrons. The molecule has 3 rings (SSSR count). The summed E-state index contributed by atoms with van der Waals surface area (Å²) in [4.78, 5) is 2.78. The zero-order valence-electron chi connectivity index (χ0n) is 12.4. The third kappa shape index (κ3) is 3.01. The van der Waals surface area contributed by atoms with Crippen LogP contribution in [0.5, 0.6) is 0 Å². The lowest BCUT2D eigenvalue weighted by Crippen LogP contribution is -2.42. The number of anilines is 2. The van der Waals surface area contributed by atoms with E-state index in [2.05, 4.69) is 10.2 Å². The molecule has 2 saturated heterocycles. The summed E-state index contributed by atoms with van der Waals surface area (Å²) in [6, 6.07) is 6.23. The Morgan fingerprint density at radius 2 is 2.10 bits per heavy atom. The molecule has 2 aliphatic heterocycles. The third-order valence-electron chi connectivity index (χ3n) is 4.65. The van der Waals surface area contributed by atoms with Gasteiger partial charge in [0, 0.05) is 24.9 Å². The van der Waals surface area contributed by atoms with E-state index in [1.165, 1.54) is 25.6 Å². The quantitative estimate of drug-likeness (QED) is 0.831. The van der Waals surface area contributed by atoms with E-state index in [4.69, 9.17) is 5.73 Å². The lowest BCUT2D eigenvalue weighted by atomic mass is 9.97. The van der Waals surface area contributed by atoms with Crippen molar-refractivity contribution in [2.24, 2.45) is 0 Å². The summed E-state index contributed by atoms with van der Waals surface area (Å²) >= 11 is 0. The average molecular weight is 309 g/mol. The van der Waals surface area contributed by atoms with Gasteiger partial charge in [0.15, 0.2) is 9.84 Å². The maximum atomic E-state index is 11.7. The van der Waals surface area contributed by atoms with Crippen LogP contribution in [0.15, 0.2) is 23.1 Å². The maximum Gasteiger partial charge on any atom is 0.177 e. The predicted molar refractivity (Wildman–Crippen MR) is 85.2 cm³/mol. The van der Waals surface area contributed by atoms with Crippen molar-refractivity contribution in [1.82, 2.24) is 4.90 Å². The van der Waals surface area contributed by atoms with E-state index in [9.17, 15) is 8.42 Å². The summed E-state index contributed by atoms with van der Waals surface area (Å²) in [5, 5.41) is 3.46. The van der Waals surface area contributed by atoms with Crippen LogP contribution in [-0.4, -0.2) is 44.7 Å². The van der Waals surface area contributed by atoms with E-state index in [1.54, 1.807) is 12.1 Å². The summed E-state index contributed by atoms with van der Waals surface area (Å²) in [6.07, 6.45) is 5.96. The molecule has 0 aromatic heterocycles. The predicted octanol–water partition coefficient (Wildman–Crippen LogP) is 1.71. The van der Waals surface area contributed by atoms with Gasteiger partial charge in [0.1, 0.15) is 0 Å². The first-order chi connectivity index (χ1) is 9.95. The largest absolute Gasteiger partial charge is 0.396 e. The number of nitrogens with zero attached hydrogens (tertiary/aromatic N) is 1. The van der Waals surface area contributed by atoms with Crippen LogP contribution in [-0.2, 0) is 9.84 Å². The van der Waals surface area contributed by atoms with Gasteiger partial charge in [-0.1, -0.05) is 6.07 Å². The van der Waals surface area contributed by atoms with Crippen molar-refractivity contribution in [2.75, 3.05) is 30.4 Å². The molecule has 0 amide bonds. The summed E-state index contributed by atoms with van der Waals surface area (Å²) in [6.45, 7) is 2.34. The number of piperidine rings is 1. The molecule has 0 bridgehead atoms. The highest BCUT2D eigenvalue weighted by Crippen LogP contribution is 2.31. The second-order valence-electron chi connectivity index (χ2n) is 6.19. The van der Waals surface area contributed by atoms with Gasteiger partial charge in [-0.25, -0.2) is 8.42 Å². The molecule has 2 atom stereocenters. The monoisotopic (exact) mass is 309 g/mol. The zero-order chi connectivity index (χ0) is 15.0. The second kappa shape index (κ2) is 5.50. The Kier molecular flexibility index (Phi) is 3.84. The first-order valence-corrected chi connectivity index (χ1v) is 9.43. The van der Waals surface area contributed by atoms with Gasteiger partial charge in [-0.15, -0.1) is 0 Å². The Bertz CT molecular complexity index is 630. The molecule has 2 aliphatic rings. The molecule has 0 saturated carbocycles. The molecule has 116 valence electrons. The lowest BCUT2D eigenvalue weighted by Gasteiger charge is -2.35. The van der Waals surface area contributed by atoms with Crippen molar-refractivity contribution in [3.05, 3.63) is 18.2 Å². The Hall–Kier alpha value is -1.27. The number of hydrogen-bond acceptors (Lipinski definition) is 5. The Morgan fingerprint density at radius 3 is 2.86 bits per heavy atom. The standard InChI is InChI=1S/C15H23N3O2S/c1-21(19,20)14-6-2-5-13(15(14)16)17-11-7-9-18-8-3-4-12(18)10-11/h2,5-6,11-12,17H,3-4,7-10,16H2,1H3. The number of benzene rings is 1. The van der Waals surface area contributed by atoms with E-state index in [0.29, 0.717) is 17.8 Å². The van der Waals surface area contributed by atoms with Crippen LogP contribution in [0.2, 0.25) is 0 Å². The van der Waals surface area contributed by atoms with Gasteiger partial charge in [0.2, 0.25) is 0 Å². The van der Waals surface area contributed by atoms with Gasteiger partial charge >= 0.3 is 0 Å². The molecule has 3 N–H and O–H groups in total. The van der Waals surface area contributed by atoms with Crippen molar-refractivity contribution in [3.63, 3.8) is 0 Å². The molecule has 0 spiro atoms. The number of hydrogen-bond donors (Lipinski definition) is 2. The number of fused-ring (bicyclic) bond motifs is 1. The minimum atomic E-state index is -3.28. The Morgan fingerprint density at radius 1 is 1.29 bits per heavy atom. The molecule has 5 nitrogen and oxygen atoms in total. The molecular formula is C15H23N3O2S. The van der Waals surface area contributed by atoms with Crippen LogP contribution in [0.3, 0.4) is 0 Å². The Labute approximate surface area is 126 Å². The van der Waals surface area contributed by atoms with Crippen LogP contribution in [0.4, 0.5) is 11.4 Å². The minimum absolute atomic E-state index is 0.214. The van der Waals surface area contributed by atoms with Crippen molar-refractivity contribution >= 4 is 21.2 Å². The van der Waals surface area contributed by atoms with Crippen LogP contribution >= 0.6 is 0 Å². The highest BCUT2D eigenvalue weighted by molar-refractivity contribution is 7.90. The van der Waals surface area contributed by atoms with Crippen LogP contribution in [0.25, 0.3) is 0 Å². The summed E-state index contributed by atoms with van der Waals surface area (Å²) < 4.78 is 23.5. The average Bonchev–Trinajstić information content (AvgIpc) is 2.87. The number of nitrogens with two attached hydrogens (primary N) is 1. The molecule has 2 unspecified atom stereocenters. The van der Waals surface area contributed by atoms with Crippen molar-refractivity contribution in [1.29, 1.82) is 0 Å². The van der Waals surface area contributed by atoms with Crippen LogP contribution in [0.1, 0.15) is 25.7 Å². The van der Waals surface area contributed by atoms with E-state index in [1.807, 2.05) is 6.07 Å². The maximum absolute atomic E-state index is 11.7. The minimum Gasteiger partial charge on any atom is -0.396 e. The van der Waals surface area contributed by atoms with E-state index in [-0.39, 0.29) is 4.90 Å². The molecule has 21 heavy (non-hydrogen) atoms. The van der Waals surface area contributed by atoms with E-state index < -0.39 is 9.84 Å². The smallest absolute Gasteiger partial charge is 0.177 e. The van der Waals surface area contributed by atoms with Gasteiger partial charge in [0.25, 0.3) is 0 Å². The zero-order valence-corrected chi connectivity index (χ0v) is 13.2. The van der Waals surface area contributed by atoms with Crippen molar-refractivity contribution < 1.29 is 8.42 Å². The molecular weight excluding hydrogens is 286 g/mol. The third-order valence-corrected chi connectivity index (χ3v) is 5.80. The number of nitrogens with one attached hydrogen (secondary N) is 1.